The van der Waals surface area contributed by atoms with Gasteiger partial charge in [-0.3, -0.25) is 0 Å². The van der Waals surface area contributed by atoms with Gasteiger partial charge in [0, 0.05) is 18.1 Å². The van der Waals surface area contributed by atoms with E-state index in [1.165, 1.54) is 38.5 Å². The first-order chi connectivity index (χ1) is 8.26. The highest BCUT2D eigenvalue weighted by Gasteiger charge is 2.52. The Balaban J connectivity index is 1.80. The summed E-state index contributed by atoms with van der Waals surface area (Å²) in [5.41, 5.74) is 0.416. The summed E-state index contributed by atoms with van der Waals surface area (Å²) in [6.45, 7) is 8.93. The van der Waals surface area contributed by atoms with Gasteiger partial charge in [-0.2, -0.15) is 0 Å². The van der Waals surface area contributed by atoms with Crippen LogP contribution in [0.25, 0.3) is 0 Å². The first-order valence-corrected chi connectivity index (χ1v) is 7.61. The van der Waals surface area contributed by atoms with Gasteiger partial charge in [-0.1, -0.05) is 33.6 Å². The molecule has 0 saturated heterocycles. The standard InChI is InChI=1S/C15H29NO/c1-4-15(5-2)13(16-6-3)11-14(15)17-10-9-12-7-8-12/h12-14,16H,4-11H2,1-3H3. The molecule has 1 N–H and O–H groups in total. The van der Waals surface area contributed by atoms with Crippen LogP contribution in [0.15, 0.2) is 0 Å². The lowest BCUT2D eigenvalue weighted by Crippen LogP contribution is -2.63. The fourth-order valence-electron chi connectivity index (χ4n) is 3.50. The van der Waals surface area contributed by atoms with Crippen molar-refractivity contribution in [1.29, 1.82) is 0 Å². The van der Waals surface area contributed by atoms with Gasteiger partial charge in [-0.25, -0.2) is 0 Å². The predicted octanol–water partition coefficient (Wildman–Crippen LogP) is 3.36. The average Bonchev–Trinajstić information content (AvgIpc) is 3.13. The molecule has 0 spiro atoms. The van der Waals surface area contributed by atoms with Crippen molar-refractivity contribution in [2.75, 3.05) is 13.2 Å². The molecule has 0 aromatic rings. The molecule has 0 aromatic carbocycles. The lowest BCUT2D eigenvalue weighted by atomic mass is 9.58. The molecule has 2 heteroatoms. The molecule has 2 atom stereocenters. The Morgan fingerprint density at radius 3 is 2.41 bits per heavy atom. The summed E-state index contributed by atoms with van der Waals surface area (Å²) in [5.74, 6) is 0.997. The molecule has 0 amide bonds. The summed E-state index contributed by atoms with van der Waals surface area (Å²) in [6, 6.07) is 0.688. The summed E-state index contributed by atoms with van der Waals surface area (Å²) < 4.78 is 6.16. The van der Waals surface area contributed by atoms with Gasteiger partial charge in [0.2, 0.25) is 0 Å². The molecule has 0 radical (unpaired) electrons. The maximum Gasteiger partial charge on any atom is 0.0661 e. The lowest BCUT2D eigenvalue weighted by Gasteiger charge is -2.55. The summed E-state index contributed by atoms with van der Waals surface area (Å²) in [7, 11) is 0. The van der Waals surface area contributed by atoms with Crippen molar-refractivity contribution in [3.63, 3.8) is 0 Å². The van der Waals surface area contributed by atoms with E-state index in [0.717, 1.165) is 19.1 Å². The Morgan fingerprint density at radius 1 is 1.18 bits per heavy atom. The summed E-state index contributed by atoms with van der Waals surface area (Å²) in [6.07, 6.45) is 8.42. The summed E-state index contributed by atoms with van der Waals surface area (Å²) >= 11 is 0. The molecule has 2 fully saturated rings. The zero-order valence-corrected chi connectivity index (χ0v) is 11.8. The number of hydrogen-bond donors (Lipinski definition) is 1. The number of ether oxygens (including phenoxy) is 1. The molecule has 2 unspecified atom stereocenters. The molecule has 100 valence electrons. The van der Waals surface area contributed by atoms with Crippen molar-refractivity contribution < 1.29 is 4.74 Å². The fourth-order valence-corrected chi connectivity index (χ4v) is 3.50. The van der Waals surface area contributed by atoms with Gasteiger partial charge in [0.15, 0.2) is 0 Å². The Kier molecular flexibility index (Phi) is 4.48. The Hall–Kier alpha value is -0.0800. The van der Waals surface area contributed by atoms with Crippen molar-refractivity contribution >= 4 is 0 Å². The minimum Gasteiger partial charge on any atom is -0.378 e. The molecular formula is C15H29NO. The van der Waals surface area contributed by atoms with Crippen LogP contribution < -0.4 is 5.32 Å². The van der Waals surface area contributed by atoms with Gasteiger partial charge in [0.05, 0.1) is 6.10 Å². The molecular weight excluding hydrogens is 210 g/mol. The second kappa shape index (κ2) is 5.71. The van der Waals surface area contributed by atoms with Gasteiger partial charge in [0.1, 0.15) is 0 Å². The molecule has 2 saturated carbocycles. The highest BCUT2D eigenvalue weighted by molar-refractivity contribution is 5.06. The fraction of sp³-hybridized carbons (Fsp3) is 1.00. The molecule has 0 heterocycles. The van der Waals surface area contributed by atoms with E-state index in [0.29, 0.717) is 17.6 Å². The maximum absolute atomic E-state index is 6.16. The minimum absolute atomic E-state index is 0.416. The molecule has 2 rings (SSSR count). The summed E-state index contributed by atoms with van der Waals surface area (Å²) in [4.78, 5) is 0. The molecule has 0 aliphatic heterocycles. The van der Waals surface area contributed by atoms with Gasteiger partial charge in [-0.05, 0) is 38.1 Å². The van der Waals surface area contributed by atoms with E-state index in [1.807, 2.05) is 0 Å². The van der Waals surface area contributed by atoms with Crippen molar-refractivity contribution in [3.8, 4) is 0 Å². The van der Waals surface area contributed by atoms with Crippen LogP contribution in [-0.2, 0) is 4.74 Å². The topological polar surface area (TPSA) is 21.3 Å². The van der Waals surface area contributed by atoms with Crippen molar-refractivity contribution in [2.45, 2.75) is 71.4 Å². The van der Waals surface area contributed by atoms with Crippen molar-refractivity contribution in [3.05, 3.63) is 0 Å². The van der Waals surface area contributed by atoms with Crippen LogP contribution in [0.3, 0.4) is 0 Å². The van der Waals surface area contributed by atoms with E-state index in [2.05, 4.69) is 26.1 Å². The van der Waals surface area contributed by atoms with E-state index < -0.39 is 0 Å². The monoisotopic (exact) mass is 239 g/mol. The Labute approximate surface area is 107 Å². The zero-order valence-electron chi connectivity index (χ0n) is 11.8. The Bertz CT molecular complexity index is 233. The van der Waals surface area contributed by atoms with Crippen LogP contribution in [0.4, 0.5) is 0 Å². The molecule has 2 aliphatic carbocycles. The molecule has 0 bridgehead atoms. The van der Waals surface area contributed by atoms with E-state index >= 15 is 0 Å². The zero-order chi connectivity index (χ0) is 12.3. The van der Waals surface area contributed by atoms with Gasteiger partial charge < -0.3 is 10.1 Å². The predicted molar refractivity (Wildman–Crippen MR) is 72.2 cm³/mol. The van der Waals surface area contributed by atoms with E-state index in [4.69, 9.17) is 4.74 Å². The SMILES string of the molecule is CCNC1CC(OCCC2CC2)C1(CC)CC. The van der Waals surface area contributed by atoms with Crippen LogP contribution in [0.1, 0.15) is 59.3 Å². The van der Waals surface area contributed by atoms with E-state index in [-0.39, 0.29) is 0 Å². The normalized spacial score (nSPS) is 31.2. The van der Waals surface area contributed by atoms with Crippen LogP contribution in [-0.4, -0.2) is 25.3 Å². The second-order valence-corrected chi connectivity index (χ2v) is 5.88. The van der Waals surface area contributed by atoms with Crippen molar-refractivity contribution in [1.82, 2.24) is 5.32 Å². The summed E-state index contributed by atoms with van der Waals surface area (Å²) in [5, 5.41) is 3.64. The van der Waals surface area contributed by atoms with Crippen LogP contribution in [0.2, 0.25) is 0 Å². The second-order valence-electron chi connectivity index (χ2n) is 5.88. The third kappa shape index (κ3) is 2.68. The highest BCUT2D eigenvalue weighted by Crippen LogP contribution is 2.49. The smallest absolute Gasteiger partial charge is 0.0661 e. The van der Waals surface area contributed by atoms with Crippen LogP contribution in [0.5, 0.6) is 0 Å². The molecule has 0 aromatic heterocycles. The van der Waals surface area contributed by atoms with Gasteiger partial charge in [-0.15, -0.1) is 0 Å². The molecule has 2 nitrogen and oxygen atoms in total. The first kappa shape index (κ1) is 13.4. The largest absolute Gasteiger partial charge is 0.378 e. The van der Waals surface area contributed by atoms with Crippen molar-refractivity contribution in [2.24, 2.45) is 11.3 Å². The van der Waals surface area contributed by atoms with E-state index in [9.17, 15) is 0 Å². The average molecular weight is 239 g/mol. The first-order valence-electron chi connectivity index (χ1n) is 7.61. The number of nitrogens with one attached hydrogen (secondary N) is 1. The van der Waals surface area contributed by atoms with Crippen LogP contribution in [0, 0.1) is 11.3 Å². The molecule has 2 aliphatic rings. The lowest BCUT2D eigenvalue weighted by molar-refractivity contribution is -0.141. The number of hydrogen-bond acceptors (Lipinski definition) is 2. The molecule has 17 heavy (non-hydrogen) atoms. The quantitative estimate of drug-likeness (QED) is 0.701. The third-order valence-corrected chi connectivity index (χ3v) is 5.09. The maximum atomic E-state index is 6.16. The van der Waals surface area contributed by atoms with Gasteiger partial charge >= 0.3 is 0 Å². The highest BCUT2D eigenvalue weighted by atomic mass is 16.5. The Morgan fingerprint density at radius 2 is 1.88 bits per heavy atom. The van der Waals surface area contributed by atoms with Crippen LogP contribution >= 0.6 is 0 Å². The minimum atomic E-state index is 0.416. The number of rotatable bonds is 8. The van der Waals surface area contributed by atoms with Gasteiger partial charge in [0.25, 0.3) is 0 Å². The third-order valence-electron chi connectivity index (χ3n) is 5.09. The van der Waals surface area contributed by atoms with E-state index in [1.54, 1.807) is 0 Å².